The van der Waals surface area contributed by atoms with Gasteiger partial charge in [-0.05, 0) is 30.7 Å². The summed E-state index contributed by atoms with van der Waals surface area (Å²) in [5, 5.41) is 11.5. The van der Waals surface area contributed by atoms with E-state index in [1.54, 1.807) is 6.20 Å². The quantitative estimate of drug-likeness (QED) is 0.723. The van der Waals surface area contributed by atoms with E-state index in [1.165, 1.54) is 6.42 Å². The number of hydrogen-bond acceptors (Lipinski definition) is 3. The number of hydrogen-bond donors (Lipinski definition) is 2. The third-order valence-electron chi connectivity index (χ3n) is 6.56. The number of H-pyrrole nitrogens is 1. The number of benzene rings is 1. The van der Waals surface area contributed by atoms with Crippen LogP contribution in [-0.4, -0.2) is 26.7 Å². The first-order chi connectivity index (χ1) is 13.5. The van der Waals surface area contributed by atoms with Gasteiger partial charge in [0.05, 0.1) is 11.7 Å². The first kappa shape index (κ1) is 18.7. The Labute approximate surface area is 164 Å². The highest BCUT2D eigenvalue weighted by Gasteiger charge is 2.31. The van der Waals surface area contributed by atoms with E-state index in [9.17, 15) is 9.59 Å². The fraction of sp³-hybridized carbons (Fsp3) is 0.500. The van der Waals surface area contributed by atoms with Gasteiger partial charge in [-0.25, -0.2) is 5.10 Å². The molecule has 0 saturated heterocycles. The van der Waals surface area contributed by atoms with Gasteiger partial charge in [0.15, 0.2) is 0 Å². The Morgan fingerprint density at radius 1 is 1.29 bits per heavy atom. The maximum absolute atomic E-state index is 13.3. The minimum absolute atomic E-state index is 0.00712. The molecule has 6 heteroatoms. The molecule has 0 aliphatic heterocycles. The molecule has 148 valence electrons. The van der Waals surface area contributed by atoms with Crippen LogP contribution in [-0.2, 0) is 4.79 Å². The average molecular weight is 380 g/mol. The zero-order chi connectivity index (χ0) is 19.8. The molecule has 28 heavy (non-hydrogen) atoms. The standard InChI is InChI=1S/C22H28N4O2/c1-4-18(21(27)24-17-10-7-8-13(2)14(17)3)26-19-11-6-5-9-15(19)16-12-23-25-22(28)20(16)26/h5-6,9,11-14,17-18H,4,7-8,10H2,1-3H3,(H,24,27)(H,25,28)/t13-,14-,17-,18-/m1/s1. The highest BCUT2D eigenvalue weighted by molar-refractivity contribution is 6.08. The molecule has 2 aromatic heterocycles. The Morgan fingerprint density at radius 2 is 2.07 bits per heavy atom. The van der Waals surface area contributed by atoms with Crippen molar-refractivity contribution in [3.05, 3.63) is 40.8 Å². The number of nitrogens with zero attached hydrogens (tertiary/aromatic N) is 2. The van der Waals surface area contributed by atoms with Gasteiger partial charge < -0.3 is 9.88 Å². The molecule has 1 aliphatic carbocycles. The van der Waals surface area contributed by atoms with Crippen LogP contribution >= 0.6 is 0 Å². The second-order valence-corrected chi connectivity index (χ2v) is 8.15. The Balaban J connectivity index is 1.78. The molecule has 2 N–H and O–H groups in total. The zero-order valence-corrected chi connectivity index (χ0v) is 16.7. The van der Waals surface area contributed by atoms with E-state index in [0.29, 0.717) is 23.8 Å². The number of carbonyl (C=O) groups excluding carboxylic acids is 1. The smallest absolute Gasteiger partial charge is 0.288 e. The van der Waals surface area contributed by atoms with Crippen molar-refractivity contribution in [2.75, 3.05) is 0 Å². The lowest BCUT2D eigenvalue weighted by molar-refractivity contribution is -0.125. The van der Waals surface area contributed by atoms with E-state index >= 15 is 0 Å². The normalized spacial score (nSPS) is 23.8. The van der Waals surface area contributed by atoms with Crippen LogP contribution in [0.2, 0.25) is 0 Å². The second kappa shape index (κ2) is 7.41. The van der Waals surface area contributed by atoms with Gasteiger partial charge in [-0.15, -0.1) is 0 Å². The molecule has 1 aromatic carbocycles. The molecule has 1 saturated carbocycles. The summed E-state index contributed by atoms with van der Waals surface area (Å²) in [4.78, 5) is 26.0. The molecule has 1 aliphatic rings. The molecule has 0 bridgehead atoms. The van der Waals surface area contributed by atoms with Crippen molar-refractivity contribution in [2.24, 2.45) is 11.8 Å². The number of aromatic nitrogens is 3. The molecule has 0 unspecified atom stereocenters. The van der Waals surface area contributed by atoms with Crippen molar-refractivity contribution in [3.8, 4) is 0 Å². The van der Waals surface area contributed by atoms with E-state index in [4.69, 9.17) is 0 Å². The van der Waals surface area contributed by atoms with Crippen LogP contribution in [0.25, 0.3) is 21.8 Å². The summed E-state index contributed by atoms with van der Waals surface area (Å²) in [5.74, 6) is 1.06. The summed E-state index contributed by atoms with van der Waals surface area (Å²) >= 11 is 0. The third kappa shape index (κ3) is 3.01. The van der Waals surface area contributed by atoms with Crippen molar-refractivity contribution in [1.82, 2.24) is 20.1 Å². The van der Waals surface area contributed by atoms with Gasteiger partial charge in [0.1, 0.15) is 11.6 Å². The fourth-order valence-corrected chi connectivity index (χ4v) is 4.73. The monoisotopic (exact) mass is 380 g/mol. The number of amides is 1. The second-order valence-electron chi connectivity index (χ2n) is 8.15. The SMILES string of the molecule is CC[C@H](C(=O)N[C@@H]1CCC[C@@H](C)[C@H]1C)n1c2ccccc2c2cn[nH]c(=O)c21. The summed E-state index contributed by atoms with van der Waals surface area (Å²) in [6, 6.07) is 7.59. The van der Waals surface area contributed by atoms with Crippen LogP contribution in [0.1, 0.15) is 52.5 Å². The Morgan fingerprint density at radius 3 is 2.86 bits per heavy atom. The highest BCUT2D eigenvalue weighted by Crippen LogP contribution is 2.32. The van der Waals surface area contributed by atoms with Gasteiger partial charge in [0, 0.05) is 16.8 Å². The van der Waals surface area contributed by atoms with E-state index in [2.05, 4.69) is 29.4 Å². The Kier molecular flexibility index (Phi) is 4.96. The van der Waals surface area contributed by atoms with Crippen molar-refractivity contribution < 1.29 is 4.79 Å². The van der Waals surface area contributed by atoms with Gasteiger partial charge in [-0.2, -0.15) is 5.10 Å². The summed E-state index contributed by atoms with van der Waals surface area (Å²) in [6.07, 6.45) is 5.67. The van der Waals surface area contributed by atoms with Crippen LogP contribution in [0, 0.1) is 11.8 Å². The number of fused-ring (bicyclic) bond motifs is 3. The van der Waals surface area contributed by atoms with Crippen LogP contribution in [0.3, 0.4) is 0 Å². The molecular formula is C22H28N4O2. The molecular weight excluding hydrogens is 352 g/mol. The van der Waals surface area contributed by atoms with Crippen molar-refractivity contribution in [2.45, 2.75) is 58.5 Å². The lowest BCUT2D eigenvalue weighted by atomic mass is 9.78. The fourth-order valence-electron chi connectivity index (χ4n) is 4.73. The number of rotatable bonds is 4. The Bertz CT molecular complexity index is 1070. The van der Waals surface area contributed by atoms with Gasteiger partial charge in [-0.1, -0.05) is 51.8 Å². The predicted molar refractivity (Wildman–Crippen MR) is 111 cm³/mol. The van der Waals surface area contributed by atoms with E-state index < -0.39 is 6.04 Å². The largest absolute Gasteiger partial charge is 0.351 e. The van der Waals surface area contributed by atoms with Crippen LogP contribution in [0.15, 0.2) is 35.3 Å². The van der Waals surface area contributed by atoms with Gasteiger partial charge >= 0.3 is 0 Å². The lowest BCUT2D eigenvalue weighted by Gasteiger charge is -2.35. The van der Waals surface area contributed by atoms with Gasteiger partial charge in [-0.3, -0.25) is 9.59 Å². The minimum Gasteiger partial charge on any atom is -0.351 e. The van der Waals surface area contributed by atoms with Gasteiger partial charge in [0.25, 0.3) is 5.56 Å². The summed E-state index contributed by atoms with van der Waals surface area (Å²) in [6.45, 7) is 6.49. The summed E-state index contributed by atoms with van der Waals surface area (Å²) in [7, 11) is 0. The molecule has 2 heterocycles. The van der Waals surface area contributed by atoms with Crippen molar-refractivity contribution >= 4 is 27.7 Å². The number of carbonyl (C=O) groups is 1. The first-order valence-corrected chi connectivity index (χ1v) is 10.3. The maximum Gasteiger partial charge on any atom is 0.288 e. The number of aromatic amines is 1. The van der Waals surface area contributed by atoms with Crippen LogP contribution in [0.5, 0.6) is 0 Å². The molecule has 1 amide bonds. The molecule has 3 aromatic rings. The molecule has 0 radical (unpaired) electrons. The van der Waals surface area contributed by atoms with E-state index in [0.717, 1.165) is 29.1 Å². The first-order valence-electron chi connectivity index (χ1n) is 10.3. The molecule has 6 nitrogen and oxygen atoms in total. The molecule has 4 rings (SSSR count). The highest BCUT2D eigenvalue weighted by atomic mass is 16.2. The summed E-state index contributed by atoms with van der Waals surface area (Å²) in [5.41, 5.74) is 1.14. The third-order valence-corrected chi connectivity index (χ3v) is 6.56. The van der Waals surface area contributed by atoms with Crippen molar-refractivity contribution in [3.63, 3.8) is 0 Å². The minimum atomic E-state index is -0.435. The number of nitrogens with one attached hydrogen (secondary N) is 2. The number of para-hydroxylation sites is 1. The van der Waals surface area contributed by atoms with Crippen LogP contribution < -0.4 is 10.9 Å². The van der Waals surface area contributed by atoms with Crippen molar-refractivity contribution in [1.29, 1.82) is 0 Å². The average Bonchev–Trinajstić information content (AvgIpc) is 3.02. The summed E-state index contributed by atoms with van der Waals surface area (Å²) < 4.78 is 1.90. The molecule has 1 fully saturated rings. The maximum atomic E-state index is 13.3. The Hall–Kier alpha value is -2.63. The molecule has 0 spiro atoms. The zero-order valence-electron chi connectivity index (χ0n) is 16.7. The predicted octanol–water partition coefficient (Wildman–Crippen LogP) is 3.77. The molecule has 4 atom stereocenters. The van der Waals surface area contributed by atoms with E-state index in [-0.39, 0.29) is 17.5 Å². The lowest BCUT2D eigenvalue weighted by Crippen LogP contribution is -2.46. The van der Waals surface area contributed by atoms with E-state index in [1.807, 2.05) is 35.8 Å². The van der Waals surface area contributed by atoms with Crippen LogP contribution in [0.4, 0.5) is 0 Å². The van der Waals surface area contributed by atoms with Gasteiger partial charge in [0.2, 0.25) is 5.91 Å². The topological polar surface area (TPSA) is 79.8 Å².